The molecule has 1 heteroatoms. The summed E-state index contributed by atoms with van der Waals surface area (Å²) < 4.78 is 0. The van der Waals surface area contributed by atoms with E-state index in [-0.39, 0.29) is 0 Å². The topological polar surface area (TPSA) is 26.0 Å². The first-order chi connectivity index (χ1) is 10.3. The number of fused-ring (bicyclic) bond motifs is 3. The van der Waals surface area contributed by atoms with Crippen LogP contribution in [0, 0.1) is 17.8 Å². The smallest absolute Gasteiger partial charge is 0.00820 e. The predicted octanol–water partition coefficient (Wildman–Crippen LogP) is 4.54. The Bertz CT molecular complexity index is 633. The lowest BCUT2D eigenvalue weighted by Crippen LogP contribution is -2.28. The highest BCUT2D eigenvalue weighted by atomic mass is 14.6. The van der Waals surface area contributed by atoms with E-state index in [9.17, 15) is 0 Å². The maximum absolute atomic E-state index is 6.46. The maximum Gasteiger partial charge on any atom is 0.00820 e. The van der Waals surface area contributed by atoms with Crippen molar-refractivity contribution in [1.82, 2.24) is 0 Å². The van der Waals surface area contributed by atoms with Crippen molar-refractivity contribution in [3.8, 4) is 0 Å². The van der Waals surface area contributed by atoms with Crippen LogP contribution >= 0.6 is 0 Å². The fraction of sp³-hybridized carbons (Fsp3) is 0.500. The Morgan fingerprint density at radius 2 is 1.86 bits per heavy atom. The van der Waals surface area contributed by atoms with Crippen LogP contribution in [0.3, 0.4) is 0 Å². The van der Waals surface area contributed by atoms with Crippen molar-refractivity contribution in [3.05, 3.63) is 48.0 Å². The van der Waals surface area contributed by atoms with Crippen molar-refractivity contribution < 1.29 is 0 Å². The Morgan fingerprint density at radius 1 is 1.00 bits per heavy atom. The molecule has 0 heterocycles. The molecule has 0 aromatic heterocycles. The molecule has 0 amide bonds. The molecule has 110 valence electrons. The third-order valence-corrected chi connectivity index (χ3v) is 5.80. The number of nitrogens with two attached hydrogens (primary N) is 1. The van der Waals surface area contributed by atoms with E-state index in [0.29, 0.717) is 6.04 Å². The first-order valence-electron chi connectivity index (χ1n) is 8.51. The fourth-order valence-electron chi connectivity index (χ4n) is 4.81. The second kappa shape index (κ2) is 5.46. The van der Waals surface area contributed by atoms with Gasteiger partial charge in [0.15, 0.2) is 0 Å². The zero-order valence-electron chi connectivity index (χ0n) is 12.7. The van der Waals surface area contributed by atoms with E-state index in [1.54, 1.807) is 0 Å². The molecule has 2 bridgehead atoms. The minimum absolute atomic E-state index is 0.329. The monoisotopic (exact) mass is 279 g/mol. The van der Waals surface area contributed by atoms with E-state index in [2.05, 4.69) is 42.5 Å². The van der Waals surface area contributed by atoms with E-state index in [0.717, 1.165) is 24.2 Å². The summed E-state index contributed by atoms with van der Waals surface area (Å²) in [7, 11) is 0. The first kappa shape index (κ1) is 13.3. The van der Waals surface area contributed by atoms with Gasteiger partial charge in [-0.2, -0.15) is 0 Å². The van der Waals surface area contributed by atoms with Crippen LogP contribution < -0.4 is 5.73 Å². The van der Waals surface area contributed by atoms with Crippen molar-refractivity contribution in [1.29, 1.82) is 0 Å². The van der Waals surface area contributed by atoms with Crippen molar-refractivity contribution in [2.75, 3.05) is 0 Å². The molecule has 2 aliphatic carbocycles. The molecular weight excluding hydrogens is 254 g/mol. The van der Waals surface area contributed by atoms with Gasteiger partial charge in [0, 0.05) is 6.04 Å². The third kappa shape index (κ3) is 2.72. The van der Waals surface area contributed by atoms with Crippen LogP contribution in [-0.4, -0.2) is 6.04 Å². The highest BCUT2D eigenvalue weighted by molar-refractivity contribution is 5.82. The SMILES string of the molecule is NC(Cc1ccc2ccccc2c1)CC1CC2CCC1C2. The zero-order valence-corrected chi connectivity index (χ0v) is 12.7. The molecule has 4 unspecified atom stereocenters. The third-order valence-electron chi connectivity index (χ3n) is 5.80. The van der Waals surface area contributed by atoms with Crippen LogP contribution in [-0.2, 0) is 6.42 Å². The summed E-state index contributed by atoms with van der Waals surface area (Å²) in [5.41, 5.74) is 7.85. The molecule has 4 rings (SSSR count). The number of rotatable bonds is 4. The van der Waals surface area contributed by atoms with Gasteiger partial charge in [0.05, 0.1) is 0 Å². The molecule has 2 fully saturated rings. The minimum Gasteiger partial charge on any atom is -0.327 e. The van der Waals surface area contributed by atoms with Gasteiger partial charge in [-0.15, -0.1) is 0 Å². The second-order valence-electron chi connectivity index (χ2n) is 7.32. The van der Waals surface area contributed by atoms with Crippen molar-refractivity contribution in [2.45, 2.75) is 44.6 Å². The predicted molar refractivity (Wildman–Crippen MR) is 89.2 cm³/mol. The molecule has 4 atom stereocenters. The molecule has 2 aromatic rings. The van der Waals surface area contributed by atoms with Crippen molar-refractivity contribution >= 4 is 10.8 Å². The summed E-state index contributed by atoms with van der Waals surface area (Å²) in [6.45, 7) is 0. The molecule has 2 saturated carbocycles. The van der Waals surface area contributed by atoms with E-state index in [4.69, 9.17) is 5.73 Å². The molecular formula is C20H25N. The van der Waals surface area contributed by atoms with E-state index in [1.165, 1.54) is 48.4 Å². The van der Waals surface area contributed by atoms with Gasteiger partial charge in [-0.05, 0) is 66.2 Å². The van der Waals surface area contributed by atoms with Gasteiger partial charge in [-0.1, -0.05) is 48.9 Å². The summed E-state index contributed by atoms with van der Waals surface area (Å²) in [5.74, 6) is 2.95. The highest BCUT2D eigenvalue weighted by Crippen LogP contribution is 2.49. The van der Waals surface area contributed by atoms with Crippen molar-refractivity contribution in [3.63, 3.8) is 0 Å². The molecule has 0 spiro atoms. The standard InChI is InChI=1S/C20H25N/c21-20(13-19-11-14-6-8-18(19)9-14)12-15-5-7-16-3-1-2-4-17(16)10-15/h1-5,7,10,14,18-20H,6,8-9,11-13,21H2. The van der Waals surface area contributed by atoms with Crippen LogP contribution in [0.2, 0.25) is 0 Å². The second-order valence-corrected chi connectivity index (χ2v) is 7.32. The zero-order chi connectivity index (χ0) is 14.2. The molecule has 0 saturated heterocycles. The average Bonchev–Trinajstić information content (AvgIpc) is 3.09. The lowest BCUT2D eigenvalue weighted by atomic mass is 9.83. The normalized spacial score (nSPS) is 29.1. The molecule has 21 heavy (non-hydrogen) atoms. The molecule has 2 aliphatic rings. The summed E-state index contributed by atoms with van der Waals surface area (Å²) in [6.07, 6.45) is 8.16. The fourth-order valence-corrected chi connectivity index (χ4v) is 4.81. The van der Waals surface area contributed by atoms with E-state index >= 15 is 0 Å². The Labute approximate surface area is 127 Å². The molecule has 2 aromatic carbocycles. The van der Waals surface area contributed by atoms with Crippen molar-refractivity contribution in [2.24, 2.45) is 23.5 Å². The average molecular weight is 279 g/mol. The van der Waals surface area contributed by atoms with Crippen LogP contribution in [0.4, 0.5) is 0 Å². The Kier molecular flexibility index (Phi) is 3.46. The van der Waals surface area contributed by atoms with Gasteiger partial charge in [0.1, 0.15) is 0 Å². The summed E-state index contributed by atoms with van der Waals surface area (Å²) in [5, 5.41) is 2.66. The first-order valence-corrected chi connectivity index (χ1v) is 8.51. The summed E-state index contributed by atoms with van der Waals surface area (Å²) >= 11 is 0. The van der Waals surface area contributed by atoms with E-state index in [1.807, 2.05) is 0 Å². The van der Waals surface area contributed by atoms with Gasteiger partial charge < -0.3 is 5.73 Å². The molecule has 0 aliphatic heterocycles. The highest BCUT2D eigenvalue weighted by Gasteiger charge is 2.39. The lowest BCUT2D eigenvalue weighted by Gasteiger charge is -2.24. The quantitative estimate of drug-likeness (QED) is 0.874. The number of benzene rings is 2. The van der Waals surface area contributed by atoms with Crippen LogP contribution in [0.25, 0.3) is 10.8 Å². The Morgan fingerprint density at radius 3 is 2.62 bits per heavy atom. The molecule has 2 N–H and O–H groups in total. The largest absolute Gasteiger partial charge is 0.327 e. The van der Waals surface area contributed by atoms with Gasteiger partial charge in [0.2, 0.25) is 0 Å². The Balaban J connectivity index is 1.42. The van der Waals surface area contributed by atoms with Crippen LogP contribution in [0.1, 0.15) is 37.7 Å². The van der Waals surface area contributed by atoms with Gasteiger partial charge >= 0.3 is 0 Å². The molecule has 0 radical (unpaired) electrons. The minimum atomic E-state index is 0.329. The Hall–Kier alpha value is -1.34. The summed E-state index contributed by atoms with van der Waals surface area (Å²) in [4.78, 5) is 0. The van der Waals surface area contributed by atoms with Gasteiger partial charge in [-0.3, -0.25) is 0 Å². The van der Waals surface area contributed by atoms with Gasteiger partial charge in [0.25, 0.3) is 0 Å². The van der Waals surface area contributed by atoms with Crippen LogP contribution in [0.5, 0.6) is 0 Å². The van der Waals surface area contributed by atoms with Crippen LogP contribution in [0.15, 0.2) is 42.5 Å². The van der Waals surface area contributed by atoms with Gasteiger partial charge in [-0.25, -0.2) is 0 Å². The number of hydrogen-bond acceptors (Lipinski definition) is 1. The summed E-state index contributed by atoms with van der Waals surface area (Å²) in [6, 6.07) is 15.7. The number of hydrogen-bond donors (Lipinski definition) is 1. The maximum atomic E-state index is 6.46. The van der Waals surface area contributed by atoms with E-state index < -0.39 is 0 Å². The lowest BCUT2D eigenvalue weighted by molar-refractivity contribution is 0.294. The molecule has 1 nitrogen and oxygen atoms in total.